The first-order valence-electron chi connectivity index (χ1n) is 27.0. The van der Waals surface area contributed by atoms with Crippen molar-refractivity contribution in [2.45, 2.75) is 136 Å². The molecule has 8 aromatic rings. The van der Waals surface area contributed by atoms with Crippen molar-refractivity contribution in [3.8, 4) is 11.1 Å². The molecule has 2 heterocycles. The first-order chi connectivity index (χ1) is 34.6. The fourth-order valence-electron chi connectivity index (χ4n) is 13.8. The van der Waals surface area contributed by atoms with Crippen molar-refractivity contribution < 1.29 is 0 Å². The Morgan fingerprint density at radius 3 is 1.48 bits per heavy atom. The van der Waals surface area contributed by atoms with Crippen LogP contribution in [0.1, 0.15) is 134 Å². The van der Waals surface area contributed by atoms with Crippen molar-refractivity contribution in [2.75, 3.05) is 14.7 Å². The minimum atomic E-state index is -0.0319. The maximum absolute atomic E-state index is 2.73. The molecule has 12 rings (SSSR count). The van der Waals surface area contributed by atoms with E-state index in [4.69, 9.17) is 0 Å². The SMILES string of the molecule is Cc1cc(C(C)(C)C)ccc1N1c2cc(-c3ccccc3)ccc2B2c3cc4c(cc3N(c3cc5c(cc3C)C(C)(C)CCC5(C)C)c3cc(N(c5ccccc5)c5ccccc5)cc1c32)C(C)(C)CC4(C)C. The molecule has 366 valence electrons. The molecule has 0 radical (unpaired) electrons. The third-order valence-corrected chi connectivity index (χ3v) is 17.6. The molecule has 4 heteroatoms. The van der Waals surface area contributed by atoms with Gasteiger partial charge in [-0.1, -0.05) is 179 Å². The number of nitrogens with zero attached hydrogens (tertiary/aromatic N) is 3. The second kappa shape index (κ2) is 16.4. The van der Waals surface area contributed by atoms with E-state index in [1.165, 1.54) is 107 Å². The van der Waals surface area contributed by atoms with E-state index in [9.17, 15) is 0 Å². The summed E-state index contributed by atoms with van der Waals surface area (Å²) in [6.07, 6.45) is 3.44. The summed E-state index contributed by atoms with van der Waals surface area (Å²) in [6.45, 7) is 31.4. The first-order valence-corrected chi connectivity index (χ1v) is 27.0. The number of hydrogen-bond acceptors (Lipinski definition) is 3. The maximum Gasteiger partial charge on any atom is 0.252 e. The molecule has 0 aromatic heterocycles. The van der Waals surface area contributed by atoms with E-state index in [0.717, 1.165) is 29.9 Å². The summed E-state index contributed by atoms with van der Waals surface area (Å²) in [5.74, 6) is 0. The number of hydrogen-bond donors (Lipinski definition) is 0. The van der Waals surface area contributed by atoms with Crippen LogP contribution < -0.4 is 31.1 Å². The van der Waals surface area contributed by atoms with E-state index in [0.29, 0.717) is 0 Å². The van der Waals surface area contributed by atoms with Gasteiger partial charge in [0.2, 0.25) is 0 Å². The molecule has 8 aromatic carbocycles. The molecule has 0 amide bonds. The second-order valence-electron chi connectivity index (χ2n) is 25.8. The Hall–Kier alpha value is -6.78. The number of rotatable bonds is 6. The molecule has 0 atom stereocenters. The largest absolute Gasteiger partial charge is 0.311 e. The second-order valence-corrected chi connectivity index (χ2v) is 25.8. The van der Waals surface area contributed by atoms with Gasteiger partial charge >= 0.3 is 0 Å². The van der Waals surface area contributed by atoms with Gasteiger partial charge in [-0.05, 0) is 187 Å². The summed E-state index contributed by atoms with van der Waals surface area (Å²) < 4.78 is 0. The van der Waals surface area contributed by atoms with Gasteiger partial charge in [-0.25, -0.2) is 0 Å². The number of benzene rings is 8. The van der Waals surface area contributed by atoms with Crippen molar-refractivity contribution in [1.29, 1.82) is 0 Å². The van der Waals surface area contributed by atoms with Gasteiger partial charge in [0.15, 0.2) is 0 Å². The summed E-state index contributed by atoms with van der Waals surface area (Å²) >= 11 is 0. The zero-order valence-electron chi connectivity index (χ0n) is 45.6. The molecule has 0 saturated heterocycles. The monoisotopic (exact) mass is 954 g/mol. The minimum absolute atomic E-state index is 0.00292. The number of para-hydroxylation sites is 2. The highest BCUT2D eigenvalue weighted by atomic mass is 15.2. The van der Waals surface area contributed by atoms with E-state index in [2.05, 4.69) is 269 Å². The van der Waals surface area contributed by atoms with Crippen LogP contribution in [0.3, 0.4) is 0 Å². The van der Waals surface area contributed by atoms with Crippen molar-refractivity contribution in [2.24, 2.45) is 0 Å². The van der Waals surface area contributed by atoms with Gasteiger partial charge in [-0.15, -0.1) is 0 Å². The lowest BCUT2D eigenvalue weighted by Gasteiger charge is -2.47. The molecular weight excluding hydrogens is 882 g/mol. The maximum atomic E-state index is 2.73. The van der Waals surface area contributed by atoms with Crippen LogP contribution in [-0.2, 0) is 27.1 Å². The van der Waals surface area contributed by atoms with Crippen LogP contribution in [-0.4, -0.2) is 6.71 Å². The Balaban J connectivity index is 1.25. The van der Waals surface area contributed by atoms with Crippen LogP contribution in [0.5, 0.6) is 0 Å². The predicted molar refractivity (Wildman–Crippen MR) is 315 cm³/mol. The predicted octanol–water partition coefficient (Wildman–Crippen LogP) is 17.1. The lowest BCUT2D eigenvalue weighted by molar-refractivity contribution is 0.332. The van der Waals surface area contributed by atoms with Gasteiger partial charge in [-0.3, -0.25) is 0 Å². The smallest absolute Gasteiger partial charge is 0.252 e. The Kier molecular flexibility index (Phi) is 10.6. The molecular formula is C69H72BN3. The molecule has 0 N–H and O–H groups in total. The first kappa shape index (κ1) is 47.2. The van der Waals surface area contributed by atoms with Gasteiger partial charge in [0.1, 0.15) is 0 Å². The Bertz CT molecular complexity index is 3460. The zero-order valence-corrected chi connectivity index (χ0v) is 45.6. The van der Waals surface area contributed by atoms with E-state index < -0.39 is 0 Å². The molecule has 73 heavy (non-hydrogen) atoms. The standard InChI is InChI=1S/C69H72BN3/c1-44-35-48(65(3,4)5)30-32-58(44)72-60-37-47(46-23-17-14-18-24-46)29-31-56(60)70-57-40-53-55(69(12,13)43-68(53,10)11)42-61(57)73(59-41-54-52(36-45(59)2)66(6,7)33-34-67(54,8)9)63-39-51(38-62(72)64(63)70)71(49-25-19-15-20-26-49)50-27-21-16-22-28-50/h14-32,35-42H,33-34,43H2,1-13H3. The third-order valence-electron chi connectivity index (χ3n) is 17.6. The van der Waals surface area contributed by atoms with Crippen LogP contribution in [0.25, 0.3) is 11.1 Å². The molecule has 4 aliphatic rings. The highest BCUT2D eigenvalue weighted by molar-refractivity contribution is 7.00. The van der Waals surface area contributed by atoms with E-state index >= 15 is 0 Å². The third kappa shape index (κ3) is 7.52. The van der Waals surface area contributed by atoms with Crippen LogP contribution in [0.2, 0.25) is 0 Å². The van der Waals surface area contributed by atoms with Crippen LogP contribution in [0, 0.1) is 13.8 Å². The molecule has 3 nitrogen and oxygen atoms in total. The van der Waals surface area contributed by atoms with Crippen molar-refractivity contribution in [1.82, 2.24) is 0 Å². The fraction of sp³-hybridized carbons (Fsp3) is 0.304. The van der Waals surface area contributed by atoms with E-state index in [1.54, 1.807) is 0 Å². The van der Waals surface area contributed by atoms with Gasteiger partial charge in [0.05, 0.1) is 5.69 Å². The number of anilines is 9. The molecule has 2 aliphatic heterocycles. The highest BCUT2D eigenvalue weighted by Crippen LogP contribution is 2.56. The number of fused-ring (bicyclic) bond motifs is 6. The Morgan fingerprint density at radius 1 is 0.411 bits per heavy atom. The molecule has 0 spiro atoms. The molecule has 0 unspecified atom stereocenters. The fourth-order valence-corrected chi connectivity index (χ4v) is 13.8. The van der Waals surface area contributed by atoms with Gasteiger partial charge in [0, 0.05) is 45.5 Å². The molecule has 2 aliphatic carbocycles. The quantitative estimate of drug-likeness (QED) is 0.154. The minimum Gasteiger partial charge on any atom is -0.311 e. The lowest BCUT2D eigenvalue weighted by atomic mass is 9.33. The molecule has 0 bridgehead atoms. The van der Waals surface area contributed by atoms with Crippen molar-refractivity contribution in [3.63, 3.8) is 0 Å². The molecule has 0 saturated carbocycles. The summed E-state index contributed by atoms with van der Waals surface area (Å²) in [6, 6.07) is 63.1. The van der Waals surface area contributed by atoms with Crippen LogP contribution in [0.15, 0.2) is 164 Å². The summed E-state index contributed by atoms with van der Waals surface area (Å²) in [5.41, 5.74) is 27.3. The van der Waals surface area contributed by atoms with Crippen molar-refractivity contribution in [3.05, 3.63) is 203 Å². The van der Waals surface area contributed by atoms with Crippen LogP contribution >= 0.6 is 0 Å². The lowest BCUT2D eigenvalue weighted by Crippen LogP contribution is -2.61. The van der Waals surface area contributed by atoms with E-state index in [-0.39, 0.29) is 33.8 Å². The summed E-state index contributed by atoms with van der Waals surface area (Å²) in [7, 11) is 0. The average Bonchev–Trinajstić information content (AvgIpc) is 3.54. The zero-order chi connectivity index (χ0) is 51.1. The summed E-state index contributed by atoms with van der Waals surface area (Å²) in [5, 5.41) is 0. The topological polar surface area (TPSA) is 9.72 Å². The Labute approximate surface area is 437 Å². The highest BCUT2D eigenvalue weighted by Gasteiger charge is 2.49. The molecule has 0 fully saturated rings. The summed E-state index contributed by atoms with van der Waals surface area (Å²) in [4.78, 5) is 7.85. The van der Waals surface area contributed by atoms with Crippen molar-refractivity contribution >= 4 is 74.3 Å². The van der Waals surface area contributed by atoms with Gasteiger partial charge in [-0.2, -0.15) is 0 Å². The van der Waals surface area contributed by atoms with E-state index in [1.807, 2.05) is 0 Å². The normalized spacial score (nSPS) is 17.3. The Morgan fingerprint density at radius 2 is 0.904 bits per heavy atom. The van der Waals surface area contributed by atoms with Gasteiger partial charge in [0.25, 0.3) is 6.71 Å². The average molecular weight is 954 g/mol. The number of aryl methyl sites for hydroxylation is 2. The van der Waals surface area contributed by atoms with Crippen LogP contribution in [0.4, 0.5) is 51.2 Å². The van der Waals surface area contributed by atoms with Gasteiger partial charge < -0.3 is 14.7 Å².